The minimum Gasteiger partial charge on any atom is -0.286 e. The van der Waals surface area contributed by atoms with Crippen molar-refractivity contribution in [2.24, 2.45) is 0 Å². The van der Waals surface area contributed by atoms with Gasteiger partial charge in [0.15, 0.2) is 0 Å². The van der Waals surface area contributed by atoms with E-state index < -0.39 is 10.1 Å². The van der Waals surface area contributed by atoms with Crippen LogP contribution in [0.1, 0.15) is 6.92 Å². The number of hydrazine groups is 1. The van der Waals surface area contributed by atoms with E-state index in [0.29, 0.717) is 0 Å². The van der Waals surface area contributed by atoms with Crippen LogP contribution in [0.3, 0.4) is 0 Å². The minimum atomic E-state index is -3.90. The fourth-order valence-corrected chi connectivity index (χ4v) is 2.25. The third kappa shape index (κ3) is 3.07. The van der Waals surface area contributed by atoms with E-state index in [1.165, 1.54) is 0 Å². The van der Waals surface area contributed by atoms with E-state index in [2.05, 4.69) is 18.1 Å². The first kappa shape index (κ1) is 12.2. The first-order valence-electron chi connectivity index (χ1n) is 4.19. The Morgan fingerprint density at radius 3 is 2.50 bits per heavy atom. The summed E-state index contributed by atoms with van der Waals surface area (Å²) < 4.78 is 29.7. The lowest BCUT2D eigenvalue weighted by Gasteiger charge is -2.23. The Hall–Kier alpha value is 0.140. The van der Waals surface area contributed by atoms with Gasteiger partial charge in [-0.1, -0.05) is 0 Å². The first-order valence-corrected chi connectivity index (χ1v) is 6.32. The first-order chi connectivity index (χ1) is 6.31. The molecule has 0 spiro atoms. The molecule has 14 heavy (non-hydrogen) atoms. The van der Waals surface area contributed by atoms with Crippen LogP contribution >= 0.6 is 12.6 Å². The van der Waals surface area contributed by atoms with Gasteiger partial charge in [0, 0.05) is 13.6 Å². The van der Waals surface area contributed by atoms with E-state index in [0.717, 1.165) is 0 Å². The molecule has 84 valence electrons. The Labute approximate surface area is 89.4 Å². The maximum atomic E-state index is 10.6. The number of hydrogen-bond donors (Lipinski definition) is 3. The van der Waals surface area contributed by atoms with Crippen LogP contribution < -0.4 is 5.43 Å². The van der Waals surface area contributed by atoms with Crippen molar-refractivity contribution in [3.63, 3.8) is 0 Å². The third-order valence-electron chi connectivity index (χ3n) is 2.28. The predicted molar refractivity (Wildman–Crippen MR) is 56.3 cm³/mol. The Kier molecular flexibility index (Phi) is 3.78. The normalized spacial score (nSPS) is 31.1. The molecule has 2 atom stereocenters. The lowest BCUT2D eigenvalue weighted by atomic mass is 10.5. The third-order valence-corrected chi connectivity index (χ3v) is 3.39. The van der Waals surface area contributed by atoms with E-state index in [1.54, 1.807) is 0 Å². The number of hydrogen-bond acceptors (Lipinski definition) is 6. The molecule has 0 amide bonds. The zero-order valence-electron chi connectivity index (χ0n) is 8.08. The Morgan fingerprint density at radius 2 is 2.14 bits per heavy atom. The SMILES string of the molecule is CC1N(C)NC(S)N1CCS(=O)(=O)O. The monoisotopic (exact) mass is 241 g/mol. The smallest absolute Gasteiger partial charge is 0.266 e. The van der Waals surface area contributed by atoms with Gasteiger partial charge in [-0.2, -0.15) is 8.42 Å². The van der Waals surface area contributed by atoms with Crippen molar-refractivity contribution in [3.8, 4) is 0 Å². The molecular weight excluding hydrogens is 226 g/mol. The van der Waals surface area contributed by atoms with Crippen LogP contribution in [0, 0.1) is 0 Å². The van der Waals surface area contributed by atoms with E-state index in [1.807, 2.05) is 23.9 Å². The lowest BCUT2D eigenvalue weighted by molar-refractivity contribution is 0.166. The number of thiol groups is 1. The van der Waals surface area contributed by atoms with Gasteiger partial charge in [0.25, 0.3) is 10.1 Å². The Bertz CT molecular complexity index is 295. The van der Waals surface area contributed by atoms with Crippen LogP contribution in [0.25, 0.3) is 0 Å². The second-order valence-electron chi connectivity index (χ2n) is 3.27. The van der Waals surface area contributed by atoms with E-state index >= 15 is 0 Å². The van der Waals surface area contributed by atoms with Gasteiger partial charge < -0.3 is 0 Å². The maximum Gasteiger partial charge on any atom is 0.266 e. The zero-order valence-corrected chi connectivity index (χ0v) is 9.79. The highest BCUT2D eigenvalue weighted by Gasteiger charge is 2.32. The van der Waals surface area contributed by atoms with Gasteiger partial charge in [0.05, 0.1) is 11.9 Å². The van der Waals surface area contributed by atoms with Gasteiger partial charge in [-0.15, -0.1) is 12.6 Å². The van der Waals surface area contributed by atoms with Crippen molar-refractivity contribution in [2.45, 2.75) is 18.6 Å². The second-order valence-corrected chi connectivity index (χ2v) is 5.33. The molecule has 0 bridgehead atoms. The minimum absolute atomic E-state index is 0.0549. The predicted octanol–water partition coefficient (Wildman–Crippen LogP) is -0.814. The van der Waals surface area contributed by atoms with Crippen molar-refractivity contribution < 1.29 is 13.0 Å². The van der Waals surface area contributed by atoms with E-state index in [4.69, 9.17) is 4.55 Å². The van der Waals surface area contributed by atoms with Crippen LogP contribution in [0.4, 0.5) is 0 Å². The summed E-state index contributed by atoms with van der Waals surface area (Å²) in [6.07, 6.45) is 0.0549. The van der Waals surface area contributed by atoms with Crippen molar-refractivity contribution in [2.75, 3.05) is 19.3 Å². The quantitative estimate of drug-likeness (QED) is 0.443. The lowest BCUT2D eigenvalue weighted by Crippen LogP contribution is -2.38. The van der Waals surface area contributed by atoms with Gasteiger partial charge in [0.1, 0.15) is 5.50 Å². The summed E-state index contributed by atoms with van der Waals surface area (Å²) in [7, 11) is -2.05. The Morgan fingerprint density at radius 1 is 1.57 bits per heavy atom. The van der Waals surface area contributed by atoms with Crippen LogP contribution in [-0.2, 0) is 10.1 Å². The molecule has 1 aliphatic rings. The molecule has 6 nitrogen and oxygen atoms in total. The van der Waals surface area contributed by atoms with Gasteiger partial charge in [-0.3, -0.25) is 9.45 Å². The molecule has 0 radical (unpaired) electrons. The zero-order chi connectivity index (χ0) is 10.9. The molecule has 2 unspecified atom stereocenters. The molecule has 1 saturated heterocycles. The summed E-state index contributed by atoms with van der Waals surface area (Å²) in [5.74, 6) is -0.274. The standard InChI is InChI=1S/C6H15N3O3S2/c1-5-8(2)7-6(13)9(5)3-4-14(10,11)12/h5-7,13H,3-4H2,1-2H3,(H,10,11,12). The average molecular weight is 241 g/mol. The van der Waals surface area contributed by atoms with Crippen molar-refractivity contribution in [1.82, 2.24) is 15.3 Å². The van der Waals surface area contributed by atoms with Gasteiger partial charge >= 0.3 is 0 Å². The van der Waals surface area contributed by atoms with Gasteiger partial charge in [-0.25, -0.2) is 10.4 Å². The average Bonchev–Trinajstić information content (AvgIpc) is 2.23. The summed E-state index contributed by atoms with van der Waals surface area (Å²) in [4.78, 5) is 1.83. The number of nitrogens with one attached hydrogen (secondary N) is 1. The van der Waals surface area contributed by atoms with Gasteiger partial charge in [0.2, 0.25) is 0 Å². The Balaban J connectivity index is 2.52. The molecular formula is C6H15N3O3S2. The summed E-state index contributed by atoms with van der Waals surface area (Å²) in [6, 6.07) is 0. The topological polar surface area (TPSA) is 72.9 Å². The summed E-state index contributed by atoms with van der Waals surface area (Å²) in [5.41, 5.74) is 2.79. The largest absolute Gasteiger partial charge is 0.286 e. The molecule has 0 saturated carbocycles. The molecule has 0 aromatic heterocycles. The highest BCUT2D eigenvalue weighted by atomic mass is 32.2. The van der Waals surface area contributed by atoms with Gasteiger partial charge in [-0.05, 0) is 6.92 Å². The molecule has 0 aromatic carbocycles. The number of rotatable bonds is 3. The molecule has 1 rings (SSSR count). The van der Waals surface area contributed by atoms with E-state index in [9.17, 15) is 8.42 Å². The fourth-order valence-electron chi connectivity index (χ4n) is 1.32. The van der Waals surface area contributed by atoms with Crippen LogP contribution in [0.2, 0.25) is 0 Å². The maximum absolute atomic E-state index is 10.6. The molecule has 1 heterocycles. The molecule has 8 heteroatoms. The highest BCUT2D eigenvalue weighted by Crippen LogP contribution is 2.16. The van der Waals surface area contributed by atoms with Crippen molar-refractivity contribution >= 4 is 22.7 Å². The van der Waals surface area contributed by atoms with Crippen molar-refractivity contribution in [3.05, 3.63) is 0 Å². The van der Waals surface area contributed by atoms with Crippen LogP contribution in [0.15, 0.2) is 0 Å². The van der Waals surface area contributed by atoms with E-state index in [-0.39, 0.29) is 24.0 Å². The number of nitrogens with zero attached hydrogens (tertiary/aromatic N) is 2. The van der Waals surface area contributed by atoms with Crippen LogP contribution in [-0.4, -0.2) is 53.9 Å². The fraction of sp³-hybridized carbons (Fsp3) is 1.00. The van der Waals surface area contributed by atoms with Crippen molar-refractivity contribution in [1.29, 1.82) is 0 Å². The summed E-state index contributed by atoms with van der Waals surface area (Å²) >= 11 is 4.23. The summed E-state index contributed by atoms with van der Waals surface area (Å²) in [5, 5.41) is 1.83. The molecule has 1 fully saturated rings. The molecule has 0 aliphatic carbocycles. The second kappa shape index (κ2) is 4.33. The molecule has 0 aromatic rings. The molecule has 1 aliphatic heterocycles. The van der Waals surface area contributed by atoms with Crippen LogP contribution in [0.5, 0.6) is 0 Å². The summed E-state index contributed by atoms with van der Waals surface area (Å²) in [6.45, 7) is 2.18. The molecule has 2 N–H and O–H groups in total. The highest BCUT2D eigenvalue weighted by molar-refractivity contribution is 7.85.